The lowest BCUT2D eigenvalue weighted by Crippen LogP contribution is -2.60. The number of aliphatic hydroxyl groups is 5. The molecule has 0 saturated carbocycles. The molecule has 1 heterocycles. The standard InChI is InChI=1S/C57H111NO8/c1-3-5-7-9-11-13-15-16-17-18-19-20-21-22-23-24-25-26-27-28-29-30-31-32-33-34-35-36-37-39-41-43-45-47-53(61)58-50(49-65-57-56(64)55(63)54(62)52(48-59)66-57)51(60)46-44-42-40-38-14-12-10-8-6-4-2/h44,46,50-52,54-57,59-60,62-64H,3-43,45,47-49H2,1-2H3,(H,58,61)/b46-44+. The summed E-state index contributed by atoms with van der Waals surface area (Å²) >= 11 is 0. The molecule has 0 radical (unpaired) electrons. The van der Waals surface area contributed by atoms with Gasteiger partial charge in [0, 0.05) is 6.42 Å². The summed E-state index contributed by atoms with van der Waals surface area (Å²) in [6.07, 6.45) is 51.7. The van der Waals surface area contributed by atoms with Gasteiger partial charge in [0.15, 0.2) is 6.29 Å². The largest absolute Gasteiger partial charge is 0.394 e. The predicted molar refractivity (Wildman–Crippen MR) is 277 cm³/mol. The molecule has 7 atom stereocenters. The molecule has 0 aromatic carbocycles. The summed E-state index contributed by atoms with van der Waals surface area (Å²) in [5.41, 5.74) is 0. The van der Waals surface area contributed by atoms with Crippen molar-refractivity contribution in [2.45, 2.75) is 333 Å². The third kappa shape index (κ3) is 36.9. The monoisotopic (exact) mass is 938 g/mol. The van der Waals surface area contributed by atoms with E-state index >= 15 is 0 Å². The fraction of sp³-hybridized carbons (Fsp3) is 0.947. The minimum atomic E-state index is -1.56. The van der Waals surface area contributed by atoms with E-state index in [9.17, 15) is 30.3 Å². The maximum atomic E-state index is 13.0. The second kappa shape index (κ2) is 47.6. The summed E-state index contributed by atoms with van der Waals surface area (Å²) < 4.78 is 11.2. The zero-order valence-corrected chi connectivity index (χ0v) is 43.5. The Labute approximate surface area is 407 Å². The average Bonchev–Trinajstić information content (AvgIpc) is 3.32. The number of hydrogen-bond donors (Lipinski definition) is 6. The van der Waals surface area contributed by atoms with E-state index in [1.165, 1.54) is 231 Å². The van der Waals surface area contributed by atoms with Gasteiger partial charge in [0.2, 0.25) is 5.91 Å². The molecule has 0 spiro atoms. The van der Waals surface area contributed by atoms with Gasteiger partial charge in [-0.1, -0.05) is 276 Å². The minimum absolute atomic E-state index is 0.173. The molecule has 0 aromatic heterocycles. The number of hydrogen-bond acceptors (Lipinski definition) is 8. The second-order valence-corrected chi connectivity index (χ2v) is 20.5. The number of carbonyl (C=O) groups is 1. The van der Waals surface area contributed by atoms with Gasteiger partial charge >= 0.3 is 0 Å². The molecule has 1 fully saturated rings. The first-order valence-electron chi connectivity index (χ1n) is 28.9. The smallest absolute Gasteiger partial charge is 0.220 e. The van der Waals surface area contributed by atoms with Gasteiger partial charge in [-0.2, -0.15) is 0 Å². The Morgan fingerprint density at radius 1 is 0.500 bits per heavy atom. The summed E-state index contributed by atoms with van der Waals surface area (Å²) in [6.45, 7) is 3.78. The zero-order chi connectivity index (χ0) is 48.0. The lowest BCUT2D eigenvalue weighted by atomic mass is 9.99. The maximum Gasteiger partial charge on any atom is 0.220 e. The number of allylic oxidation sites excluding steroid dienone is 1. The SMILES string of the molecule is CCCCCCCCCC/C=C/C(O)C(COC1OC(CO)C(O)C(O)C1O)NC(=O)CCCCCCCCCCCCCCCCCCCCCCCCCCCCCCCCCCC. The number of carbonyl (C=O) groups excluding carboxylic acids is 1. The van der Waals surface area contributed by atoms with Crippen molar-refractivity contribution >= 4 is 5.91 Å². The lowest BCUT2D eigenvalue weighted by molar-refractivity contribution is -0.302. The number of unbranched alkanes of at least 4 members (excludes halogenated alkanes) is 40. The molecule has 0 aliphatic carbocycles. The van der Waals surface area contributed by atoms with Crippen molar-refractivity contribution in [3.8, 4) is 0 Å². The molecule has 0 aromatic rings. The molecule has 6 N–H and O–H groups in total. The Bertz CT molecular complexity index is 1040. The van der Waals surface area contributed by atoms with Crippen LogP contribution in [0.5, 0.6) is 0 Å². The maximum absolute atomic E-state index is 13.0. The van der Waals surface area contributed by atoms with Crippen LogP contribution < -0.4 is 5.32 Å². The summed E-state index contributed by atoms with van der Waals surface area (Å²) in [6, 6.07) is -0.798. The summed E-state index contributed by atoms with van der Waals surface area (Å²) in [5, 5.41) is 54.2. The van der Waals surface area contributed by atoms with Crippen molar-refractivity contribution < 1.29 is 39.8 Å². The van der Waals surface area contributed by atoms with Crippen molar-refractivity contribution in [2.75, 3.05) is 13.2 Å². The van der Waals surface area contributed by atoms with Crippen LogP contribution in [0.3, 0.4) is 0 Å². The molecule has 1 aliphatic heterocycles. The summed E-state index contributed by atoms with van der Waals surface area (Å²) in [4.78, 5) is 13.0. The number of aliphatic hydroxyl groups excluding tert-OH is 5. The zero-order valence-electron chi connectivity index (χ0n) is 43.5. The van der Waals surface area contributed by atoms with Gasteiger partial charge in [0.25, 0.3) is 0 Å². The molecule has 1 saturated heterocycles. The van der Waals surface area contributed by atoms with E-state index in [0.717, 1.165) is 38.5 Å². The predicted octanol–water partition coefficient (Wildman–Crippen LogP) is 14.0. The van der Waals surface area contributed by atoms with Crippen LogP contribution in [0.4, 0.5) is 0 Å². The molecule has 1 aliphatic rings. The first-order chi connectivity index (χ1) is 32.3. The topological polar surface area (TPSA) is 149 Å². The van der Waals surface area contributed by atoms with Crippen LogP contribution in [-0.2, 0) is 14.3 Å². The van der Waals surface area contributed by atoms with E-state index in [0.29, 0.717) is 6.42 Å². The van der Waals surface area contributed by atoms with E-state index < -0.39 is 49.5 Å². The molecular formula is C57H111NO8. The van der Waals surface area contributed by atoms with Gasteiger partial charge in [0.1, 0.15) is 24.4 Å². The minimum Gasteiger partial charge on any atom is -0.394 e. The average molecular weight is 939 g/mol. The van der Waals surface area contributed by atoms with Crippen molar-refractivity contribution in [1.29, 1.82) is 0 Å². The van der Waals surface area contributed by atoms with Crippen LogP contribution in [0.15, 0.2) is 12.2 Å². The molecule has 7 unspecified atom stereocenters. The van der Waals surface area contributed by atoms with Gasteiger partial charge in [-0.3, -0.25) is 4.79 Å². The Morgan fingerprint density at radius 2 is 0.833 bits per heavy atom. The van der Waals surface area contributed by atoms with Crippen molar-refractivity contribution in [3.05, 3.63) is 12.2 Å². The van der Waals surface area contributed by atoms with Gasteiger partial charge in [-0.15, -0.1) is 0 Å². The Balaban J connectivity index is 2.05. The van der Waals surface area contributed by atoms with Crippen LogP contribution in [0.2, 0.25) is 0 Å². The van der Waals surface area contributed by atoms with Gasteiger partial charge < -0.3 is 40.3 Å². The number of rotatable bonds is 50. The van der Waals surface area contributed by atoms with E-state index in [-0.39, 0.29) is 12.5 Å². The fourth-order valence-corrected chi connectivity index (χ4v) is 9.51. The highest BCUT2D eigenvalue weighted by Gasteiger charge is 2.44. The Morgan fingerprint density at radius 3 is 1.18 bits per heavy atom. The Kier molecular flexibility index (Phi) is 45.4. The normalized spacial score (nSPS) is 19.8. The molecule has 1 rings (SSSR count). The van der Waals surface area contributed by atoms with Gasteiger partial charge in [0.05, 0.1) is 25.4 Å². The number of nitrogens with one attached hydrogen (secondary N) is 1. The van der Waals surface area contributed by atoms with E-state index in [4.69, 9.17) is 9.47 Å². The van der Waals surface area contributed by atoms with Crippen LogP contribution in [0.1, 0.15) is 290 Å². The molecule has 1 amide bonds. The quantitative estimate of drug-likeness (QED) is 0.0261. The Hall–Kier alpha value is -1.07. The van der Waals surface area contributed by atoms with Crippen LogP contribution >= 0.6 is 0 Å². The molecule has 9 nitrogen and oxygen atoms in total. The first-order valence-corrected chi connectivity index (χ1v) is 28.9. The van der Waals surface area contributed by atoms with Gasteiger partial charge in [-0.25, -0.2) is 0 Å². The molecule has 66 heavy (non-hydrogen) atoms. The second-order valence-electron chi connectivity index (χ2n) is 20.5. The highest BCUT2D eigenvalue weighted by Crippen LogP contribution is 2.23. The fourth-order valence-electron chi connectivity index (χ4n) is 9.51. The molecular weight excluding hydrogens is 827 g/mol. The van der Waals surface area contributed by atoms with E-state index in [1.54, 1.807) is 6.08 Å². The highest BCUT2D eigenvalue weighted by molar-refractivity contribution is 5.76. The van der Waals surface area contributed by atoms with Gasteiger partial charge in [-0.05, 0) is 19.3 Å². The number of ether oxygens (including phenoxy) is 2. The lowest BCUT2D eigenvalue weighted by Gasteiger charge is -2.40. The molecule has 392 valence electrons. The first kappa shape index (κ1) is 62.9. The van der Waals surface area contributed by atoms with Crippen molar-refractivity contribution in [2.24, 2.45) is 0 Å². The third-order valence-corrected chi connectivity index (χ3v) is 14.1. The summed E-state index contributed by atoms with van der Waals surface area (Å²) in [5.74, 6) is -0.173. The third-order valence-electron chi connectivity index (χ3n) is 14.1. The molecule has 9 heteroatoms. The molecule has 0 bridgehead atoms. The van der Waals surface area contributed by atoms with Crippen LogP contribution in [-0.4, -0.2) is 87.5 Å². The van der Waals surface area contributed by atoms with E-state index in [1.807, 2.05) is 6.08 Å². The highest BCUT2D eigenvalue weighted by atomic mass is 16.7. The summed E-state index contributed by atoms with van der Waals surface area (Å²) in [7, 11) is 0. The van der Waals surface area contributed by atoms with Crippen molar-refractivity contribution in [3.63, 3.8) is 0 Å². The van der Waals surface area contributed by atoms with Crippen LogP contribution in [0, 0.1) is 0 Å². The number of amides is 1. The van der Waals surface area contributed by atoms with Crippen LogP contribution in [0.25, 0.3) is 0 Å². The van der Waals surface area contributed by atoms with E-state index in [2.05, 4.69) is 19.2 Å². The van der Waals surface area contributed by atoms with Crippen molar-refractivity contribution in [1.82, 2.24) is 5.32 Å².